The van der Waals surface area contributed by atoms with Gasteiger partial charge in [-0.3, -0.25) is 4.79 Å². The Morgan fingerprint density at radius 3 is 2.56 bits per heavy atom. The van der Waals surface area contributed by atoms with Gasteiger partial charge in [0.2, 0.25) is 0 Å². The molecule has 0 amide bonds. The fourth-order valence-electron chi connectivity index (χ4n) is 1.53. The van der Waals surface area contributed by atoms with Crippen molar-refractivity contribution in [3.63, 3.8) is 0 Å². The van der Waals surface area contributed by atoms with Gasteiger partial charge >= 0.3 is 0 Å². The molecule has 0 aromatic heterocycles. The Morgan fingerprint density at radius 2 is 1.89 bits per heavy atom. The summed E-state index contributed by atoms with van der Waals surface area (Å²) in [6.07, 6.45) is 0. The Balaban J connectivity index is 1.98. The number of rotatable bonds is 4. The van der Waals surface area contributed by atoms with E-state index in [1.807, 2.05) is 55.5 Å². The van der Waals surface area contributed by atoms with E-state index in [-0.39, 0.29) is 5.78 Å². The van der Waals surface area contributed by atoms with Crippen molar-refractivity contribution >= 4 is 29.1 Å². The van der Waals surface area contributed by atoms with E-state index in [1.54, 1.807) is 0 Å². The minimum Gasteiger partial charge on any atom is -0.293 e. The minimum absolute atomic E-state index is 0.139. The number of thioether (sulfide) groups is 1. The molecule has 18 heavy (non-hydrogen) atoms. The largest absolute Gasteiger partial charge is 0.293 e. The second-order valence-electron chi connectivity index (χ2n) is 4.04. The number of halogens is 1. The summed E-state index contributed by atoms with van der Waals surface area (Å²) in [7, 11) is 0. The Hall–Kier alpha value is -1.25. The summed E-state index contributed by atoms with van der Waals surface area (Å²) in [6, 6.07) is 15.2. The van der Waals surface area contributed by atoms with Crippen molar-refractivity contribution < 1.29 is 4.79 Å². The first kappa shape index (κ1) is 13.2. The third-order valence-corrected chi connectivity index (χ3v) is 3.77. The maximum atomic E-state index is 12.0. The second kappa shape index (κ2) is 6.07. The van der Waals surface area contributed by atoms with E-state index in [0.717, 1.165) is 16.0 Å². The lowest BCUT2D eigenvalue weighted by Crippen LogP contribution is -2.01. The zero-order valence-corrected chi connectivity index (χ0v) is 11.6. The van der Waals surface area contributed by atoms with Gasteiger partial charge in [-0.05, 0) is 25.1 Å². The Morgan fingerprint density at radius 1 is 1.17 bits per heavy atom. The van der Waals surface area contributed by atoms with Gasteiger partial charge in [0.25, 0.3) is 0 Å². The maximum Gasteiger partial charge on any atom is 0.173 e. The van der Waals surface area contributed by atoms with Crippen LogP contribution in [0.25, 0.3) is 0 Å². The molecule has 0 unspecified atom stereocenters. The molecule has 0 heterocycles. The second-order valence-corrected chi connectivity index (χ2v) is 5.52. The predicted octanol–water partition coefficient (Wildman–Crippen LogP) is 4.62. The summed E-state index contributed by atoms with van der Waals surface area (Å²) in [5.74, 6) is 0.573. The van der Waals surface area contributed by atoms with Crippen LogP contribution in [0.15, 0.2) is 53.4 Å². The molecule has 0 saturated carbocycles. The molecule has 2 rings (SSSR count). The van der Waals surface area contributed by atoms with E-state index < -0.39 is 0 Å². The molecular weight excluding hydrogens is 264 g/mol. The molecule has 92 valence electrons. The number of benzene rings is 2. The zero-order valence-electron chi connectivity index (χ0n) is 10.0. The highest BCUT2D eigenvalue weighted by atomic mass is 35.5. The third kappa shape index (κ3) is 3.62. The molecule has 2 aromatic rings. The number of ketones is 1. The molecule has 0 spiro atoms. The summed E-state index contributed by atoms with van der Waals surface area (Å²) < 4.78 is 0. The van der Waals surface area contributed by atoms with E-state index in [0.29, 0.717) is 10.8 Å². The Bertz CT molecular complexity index is 549. The molecular formula is C15H13ClOS. The highest BCUT2D eigenvalue weighted by Gasteiger charge is 2.06. The number of aryl methyl sites for hydroxylation is 1. The van der Waals surface area contributed by atoms with Crippen molar-refractivity contribution in [2.24, 2.45) is 0 Å². The molecule has 0 radical (unpaired) electrons. The van der Waals surface area contributed by atoms with Gasteiger partial charge in [-0.15, -0.1) is 11.8 Å². The fraction of sp³-hybridized carbons (Fsp3) is 0.133. The highest BCUT2D eigenvalue weighted by Crippen LogP contribution is 2.22. The van der Waals surface area contributed by atoms with Gasteiger partial charge in [0.05, 0.1) is 5.75 Å². The van der Waals surface area contributed by atoms with Crippen molar-refractivity contribution in [1.29, 1.82) is 0 Å². The van der Waals surface area contributed by atoms with Gasteiger partial charge < -0.3 is 0 Å². The average Bonchev–Trinajstić information content (AvgIpc) is 2.37. The van der Waals surface area contributed by atoms with Crippen LogP contribution >= 0.6 is 23.4 Å². The van der Waals surface area contributed by atoms with Crippen LogP contribution in [-0.2, 0) is 0 Å². The molecule has 1 nitrogen and oxygen atoms in total. The average molecular weight is 277 g/mol. The smallest absolute Gasteiger partial charge is 0.173 e. The first-order valence-electron chi connectivity index (χ1n) is 5.63. The first-order chi connectivity index (χ1) is 8.65. The van der Waals surface area contributed by atoms with Crippen molar-refractivity contribution in [3.05, 3.63) is 64.7 Å². The quantitative estimate of drug-likeness (QED) is 0.598. The van der Waals surface area contributed by atoms with Crippen LogP contribution in [0.5, 0.6) is 0 Å². The summed E-state index contributed by atoms with van der Waals surface area (Å²) in [4.78, 5) is 13.0. The lowest BCUT2D eigenvalue weighted by atomic mass is 10.1. The molecule has 0 aliphatic heterocycles. The first-order valence-corrected chi connectivity index (χ1v) is 7.00. The fourth-order valence-corrected chi connectivity index (χ4v) is 2.63. The van der Waals surface area contributed by atoms with E-state index in [2.05, 4.69) is 0 Å². The van der Waals surface area contributed by atoms with Crippen LogP contribution in [-0.4, -0.2) is 11.5 Å². The molecule has 3 heteroatoms. The van der Waals surface area contributed by atoms with Crippen LogP contribution in [0.3, 0.4) is 0 Å². The normalized spacial score (nSPS) is 10.3. The minimum atomic E-state index is 0.139. The van der Waals surface area contributed by atoms with E-state index in [9.17, 15) is 4.79 Å². The van der Waals surface area contributed by atoms with Gasteiger partial charge in [0.1, 0.15) is 0 Å². The third-order valence-electron chi connectivity index (χ3n) is 2.54. The monoisotopic (exact) mass is 276 g/mol. The Labute approximate surface area is 116 Å². The van der Waals surface area contributed by atoms with Crippen LogP contribution in [0.1, 0.15) is 15.9 Å². The van der Waals surface area contributed by atoms with Crippen LogP contribution < -0.4 is 0 Å². The number of carbonyl (C=O) groups is 1. The molecule has 0 bridgehead atoms. The van der Waals surface area contributed by atoms with E-state index in [4.69, 9.17) is 11.6 Å². The molecule has 2 aromatic carbocycles. The number of hydrogen-bond donors (Lipinski definition) is 0. The SMILES string of the molecule is Cc1ccc(C(=O)CSc2cccc(Cl)c2)cc1. The molecule has 0 saturated heterocycles. The Kier molecular flexibility index (Phi) is 4.45. The van der Waals surface area contributed by atoms with Crippen molar-refractivity contribution in [3.8, 4) is 0 Å². The van der Waals surface area contributed by atoms with Gasteiger partial charge in [-0.1, -0.05) is 47.5 Å². The maximum absolute atomic E-state index is 12.0. The molecule has 0 N–H and O–H groups in total. The van der Waals surface area contributed by atoms with E-state index >= 15 is 0 Å². The summed E-state index contributed by atoms with van der Waals surface area (Å²) in [5.41, 5.74) is 1.92. The van der Waals surface area contributed by atoms with Crippen LogP contribution in [0.4, 0.5) is 0 Å². The van der Waals surface area contributed by atoms with Gasteiger partial charge in [-0.2, -0.15) is 0 Å². The summed E-state index contributed by atoms with van der Waals surface area (Å²) in [6.45, 7) is 2.01. The number of Topliss-reactive ketones (excluding diaryl/α,β-unsaturated/α-hetero) is 1. The molecule has 0 fully saturated rings. The van der Waals surface area contributed by atoms with E-state index in [1.165, 1.54) is 11.8 Å². The van der Waals surface area contributed by atoms with Gasteiger partial charge in [-0.25, -0.2) is 0 Å². The van der Waals surface area contributed by atoms with Gasteiger partial charge in [0.15, 0.2) is 5.78 Å². The molecule has 0 atom stereocenters. The van der Waals surface area contributed by atoms with Crippen LogP contribution in [0, 0.1) is 6.92 Å². The lowest BCUT2D eigenvalue weighted by Gasteiger charge is -2.02. The van der Waals surface area contributed by atoms with Crippen molar-refractivity contribution in [1.82, 2.24) is 0 Å². The van der Waals surface area contributed by atoms with Crippen LogP contribution in [0.2, 0.25) is 5.02 Å². The molecule has 0 aliphatic rings. The summed E-state index contributed by atoms with van der Waals surface area (Å²) in [5, 5.41) is 0.697. The summed E-state index contributed by atoms with van der Waals surface area (Å²) >= 11 is 7.40. The highest BCUT2D eigenvalue weighted by molar-refractivity contribution is 8.00. The number of hydrogen-bond acceptors (Lipinski definition) is 2. The van der Waals surface area contributed by atoms with Crippen molar-refractivity contribution in [2.45, 2.75) is 11.8 Å². The van der Waals surface area contributed by atoms with Crippen molar-refractivity contribution in [2.75, 3.05) is 5.75 Å². The zero-order chi connectivity index (χ0) is 13.0. The van der Waals surface area contributed by atoms with Gasteiger partial charge in [0, 0.05) is 15.5 Å². The molecule has 0 aliphatic carbocycles. The predicted molar refractivity (Wildman–Crippen MR) is 77.7 cm³/mol. The standard InChI is InChI=1S/C15H13ClOS/c1-11-5-7-12(8-6-11)15(17)10-18-14-4-2-3-13(16)9-14/h2-9H,10H2,1H3. The number of carbonyl (C=O) groups excluding carboxylic acids is 1. The topological polar surface area (TPSA) is 17.1 Å². The lowest BCUT2D eigenvalue weighted by molar-refractivity contribution is 0.102.